The third kappa shape index (κ3) is 2.90. The molecule has 1 unspecified atom stereocenters. The molecule has 2 aromatic carbocycles. The van der Waals surface area contributed by atoms with Crippen LogP contribution < -0.4 is 5.32 Å². The van der Waals surface area contributed by atoms with Gasteiger partial charge in [0.2, 0.25) is 5.91 Å². The molecular weight excluding hydrogens is 358 g/mol. The number of benzene rings is 2. The molecule has 2 aliphatic rings. The van der Waals surface area contributed by atoms with Gasteiger partial charge < -0.3 is 10.2 Å². The normalized spacial score (nSPS) is 19.2. The quantitative estimate of drug-likeness (QED) is 0.729. The van der Waals surface area contributed by atoms with Crippen LogP contribution in [0.1, 0.15) is 46.2 Å². The van der Waals surface area contributed by atoms with E-state index in [4.69, 9.17) is 4.98 Å². The number of para-hydroxylation sites is 1. The van der Waals surface area contributed by atoms with Crippen molar-refractivity contribution in [2.75, 3.05) is 11.9 Å². The number of nitrogens with one attached hydrogen (secondary N) is 1. The van der Waals surface area contributed by atoms with Crippen LogP contribution in [0.3, 0.4) is 0 Å². The summed E-state index contributed by atoms with van der Waals surface area (Å²) in [5.74, 6) is 0.0912. The van der Waals surface area contributed by atoms with Gasteiger partial charge in [-0.1, -0.05) is 12.1 Å². The molecule has 0 bridgehead atoms. The van der Waals surface area contributed by atoms with Crippen LogP contribution in [0, 0.1) is 0 Å². The van der Waals surface area contributed by atoms with Gasteiger partial charge in [-0.3, -0.25) is 9.59 Å². The number of rotatable bonds is 2. The molecule has 1 saturated heterocycles. The van der Waals surface area contributed by atoms with E-state index in [1.165, 1.54) is 0 Å². The van der Waals surface area contributed by atoms with Gasteiger partial charge >= 0.3 is 0 Å². The summed E-state index contributed by atoms with van der Waals surface area (Å²) in [5.41, 5.74) is 3.56. The number of hydrogen-bond acceptors (Lipinski definition) is 4. The van der Waals surface area contributed by atoms with E-state index in [0.29, 0.717) is 18.4 Å². The van der Waals surface area contributed by atoms with Gasteiger partial charge in [0.1, 0.15) is 5.01 Å². The summed E-state index contributed by atoms with van der Waals surface area (Å²) in [6.07, 6.45) is 3.10. The van der Waals surface area contributed by atoms with Crippen molar-refractivity contribution >= 4 is 39.1 Å². The smallest absolute Gasteiger partial charge is 0.254 e. The van der Waals surface area contributed by atoms with E-state index in [2.05, 4.69) is 11.4 Å². The lowest BCUT2D eigenvalue weighted by Gasteiger charge is -2.24. The van der Waals surface area contributed by atoms with Gasteiger partial charge in [-0.05, 0) is 55.2 Å². The van der Waals surface area contributed by atoms with Gasteiger partial charge in [-0.2, -0.15) is 0 Å². The van der Waals surface area contributed by atoms with Crippen molar-refractivity contribution in [3.63, 3.8) is 0 Å². The van der Waals surface area contributed by atoms with E-state index in [-0.39, 0.29) is 17.9 Å². The monoisotopic (exact) mass is 377 g/mol. The van der Waals surface area contributed by atoms with E-state index in [9.17, 15) is 9.59 Å². The number of fused-ring (bicyclic) bond motifs is 2. The predicted octanol–water partition coefficient (Wildman–Crippen LogP) is 4.16. The summed E-state index contributed by atoms with van der Waals surface area (Å²) >= 11 is 1.68. The maximum Gasteiger partial charge on any atom is 0.254 e. The molecule has 1 N–H and O–H groups in total. The molecule has 27 heavy (non-hydrogen) atoms. The number of amides is 2. The number of anilines is 1. The number of aryl methyl sites for hydroxylation is 1. The van der Waals surface area contributed by atoms with E-state index in [0.717, 1.165) is 45.9 Å². The molecular formula is C21H19N3O2S. The predicted molar refractivity (Wildman–Crippen MR) is 106 cm³/mol. The molecule has 1 aromatic heterocycles. The SMILES string of the molecule is O=C1CCc2cc(C(=O)N3CCCC3c3nc4ccccc4s3)ccc2N1. The second-order valence-corrected chi connectivity index (χ2v) is 8.16. The third-order valence-electron chi connectivity index (χ3n) is 5.36. The zero-order valence-electron chi connectivity index (χ0n) is 14.8. The fourth-order valence-corrected chi connectivity index (χ4v) is 5.10. The minimum atomic E-state index is 0.0389. The zero-order valence-corrected chi connectivity index (χ0v) is 15.6. The van der Waals surface area contributed by atoms with Crippen molar-refractivity contribution in [3.05, 3.63) is 58.6 Å². The van der Waals surface area contributed by atoms with Gasteiger partial charge in [0.15, 0.2) is 0 Å². The molecule has 1 fully saturated rings. The fourth-order valence-electron chi connectivity index (χ4n) is 3.98. The number of likely N-dealkylation sites (tertiary alicyclic amines) is 1. The summed E-state index contributed by atoms with van der Waals surface area (Å²) in [6, 6.07) is 13.8. The minimum absolute atomic E-state index is 0.0389. The van der Waals surface area contributed by atoms with Crippen molar-refractivity contribution in [3.8, 4) is 0 Å². The van der Waals surface area contributed by atoms with Gasteiger partial charge in [0.25, 0.3) is 5.91 Å². The van der Waals surface area contributed by atoms with Gasteiger partial charge in [0.05, 0.1) is 16.3 Å². The molecule has 5 nitrogen and oxygen atoms in total. The number of thiazole rings is 1. The highest BCUT2D eigenvalue weighted by Crippen LogP contribution is 2.37. The van der Waals surface area contributed by atoms with Crippen LogP contribution in [-0.4, -0.2) is 28.2 Å². The first kappa shape index (κ1) is 16.4. The maximum atomic E-state index is 13.2. The molecule has 136 valence electrons. The molecule has 1 atom stereocenters. The molecule has 0 radical (unpaired) electrons. The lowest BCUT2D eigenvalue weighted by Crippen LogP contribution is -2.30. The van der Waals surface area contributed by atoms with E-state index < -0.39 is 0 Å². The molecule has 5 rings (SSSR count). The van der Waals surface area contributed by atoms with Crippen LogP contribution in [0.4, 0.5) is 5.69 Å². The Hall–Kier alpha value is -2.73. The fraction of sp³-hybridized carbons (Fsp3) is 0.286. The lowest BCUT2D eigenvalue weighted by atomic mass is 10.00. The first-order valence-corrected chi connectivity index (χ1v) is 10.1. The van der Waals surface area contributed by atoms with Crippen molar-refractivity contribution in [2.45, 2.75) is 31.7 Å². The summed E-state index contributed by atoms with van der Waals surface area (Å²) < 4.78 is 1.16. The highest BCUT2D eigenvalue weighted by molar-refractivity contribution is 7.18. The minimum Gasteiger partial charge on any atom is -0.329 e. The Morgan fingerprint density at radius 1 is 1.19 bits per heavy atom. The van der Waals surface area contributed by atoms with Crippen LogP contribution >= 0.6 is 11.3 Å². The highest BCUT2D eigenvalue weighted by atomic mass is 32.1. The number of carbonyl (C=O) groups is 2. The third-order valence-corrected chi connectivity index (χ3v) is 6.49. The Morgan fingerprint density at radius 3 is 2.96 bits per heavy atom. The Balaban J connectivity index is 1.44. The number of carbonyl (C=O) groups excluding carboxylic acids is 2. The van der Waals surface area contributed by atoms with Gasteiger partial charge in [0, 0.05) is 24.2 Å². The van der Waals surface area contributed by atoms with E-state index >= 15 is 0 Å². The average molecular weight is 377 g/mol. The largest absolute Gasteiger partial charge is 0.329 e. The van der Waals surface area contributed by atoms with Gasteiger partial charge in [-0.15, -0.1) is 11.3 Å². The molecule has 6 heteroatoms. The van der Waals surface area contributed by atoms with Crippen molar-refractivity contribution in [1.29, 1.82) is 0 Å². The van der Waals surface area contributed by atoms with Gasteiger partial charge in [-0.25, -0.2) is 4.98 Å². The summed E-state index contributed by atoms with van der Waals surface area (Å²) in [4.78, 5) is 31.5. The topological polar surface area (TPSA) is 62.3 Å². The Bertz CT molecular complexity index is 1030. The van der Waals surface area contributed by atoms with Crippen molar-refractivity contribution in [1.82, 2.24) is 9.88 Å². The van der Waals surface area contributed by atoms with Crippen LogP contribution in [-0.2, 0) is 11.2 Å². The standard InChI is InChI=1S/C21H19N3O2S/c25-19-10-8-13-12-14(7-9-15(13)22-19)21(26)24-11-3-5-17(24)20-23-16-4-1-2-6-18(16)27-20/h1-2,4,6-7,9,12,17H,3,5,8,10-11H2,(H,22,25). The van der Waals surface area contributed by atoms with Crippen molar-refractivity contribution < 1.29 is 9.59 Å². The molecule has 3 heterocycles. The van der Waals surface area contributed by atoms with Crippen LogP contribution in [0.15, 0.2) is 42.5 Å². The van der Waals surface area contributed by atoms with Crippen LogP contribution in [0.25, 0.3) is 10.2 Å². The molecule has 2 amide bonds. The Labute approximate surface area is 161 Å². The Morgan fingerprint density at radius 2 is 2.07 bits per heavy atom. The van der Waals surface area contributed by atoms with Crippen LogP contribution in [0.5, 0.6) is 0 Å². The number of hydrogen-bond donors (Lipinski definition) is 1. The molecule has 0 aliphatic carbocycles. The highest BCUT2D eigenvalue weighted by Gasteiger charge is 2.33. The number of aromatic nitrogens is 1. The first-order chi connectivity index (χ1) is 13.2. The Kier molecular flexibility index (Phi) is 3.93. The number of nitrogens with zero attached hydrogens (tertiary/aromatic N) is 2. The summed E-state index contributed by atoms with van der Waals surface area (Å²) in [5, 5.41) is 3.89. The van der Waals surface area contributed by atoms with Crippen LogP contribution in [0.2, 0.25) is 0 Å². The van der Waals surface area contributed by atoms with E-state index in [1.807, 2.05) is 41.3 Å². The zero-order chi connectivity index (χ0) is 18.4. The second kappa shape index (κ2) is 6.46. The lowest BCUT2D eigenvalue weighted by molar-refractivity contribution is -0.116. The first-order valence-electron chi connectivity index (χ1n) is 9.28. The second-order valence-electron chi connectivity index (χ2n) is 7.10. The molecule has 3 aromatic rings. The molecule has 0 spiro atoms. The summed E-state index contributed by atoms with van der Waals surface area (Å²) in [6.45, 7) is 0.757. The molecule has 0 saturated carbocycles. The summed E-state index contributed by atoms with van der Waals surface area (Å²) in [7, 11) is 0. The average Bonchev–Trinajstić information content (AvgIpc) is 3.33. The molecule has 2 aliphatic heterocycles. The maximum absolute atomic E-state index is 13.2. The van der Waals surface area contributed by atoms with Crippen molar-refractivity contribution in [2.24, 2.45) is 0 Å². The van der Waals surface area contributed by atoms with E-state index in [1.54, 1.807) is 11.3 Å².